The van der Waals surface area contributed by atoms with Crippen molar-refractivity contribution in [2.75, 3.05) is 6.54 Å². The van der Waals surface area contributed by atoms with Gasteiger partial charge in [0.25, 0.3) is 5.91 Å². The molecule has 1 aliphatic rings. The highest BCUT2D eigenvalue weighted by atomic mass is 32.1. The Morgan fingerprint density at radius 1 is 1.30 bits per heavy atom. The summed E-state index contributed by atoms with van der Waals surface area (Å²) in [6, 6.07) is 6.03. The van der Waals surface area contributed by atoms with Gasteiger partial charge in [0.05, 0.1) is 12.3 Å². The summed E-state index contributed by atoms with van der Waals surface area (Å²) in [5.41, 5.74) is 1.07. The molecule has 27 heavy (non-hydrogen) atoms. The Labute approximate surface area is 171 Å². The van der Waals surface area contributed by atoms with Crippen LogP contribution in [0, 0.1) is 0 Å². The maximum Gasteiger partial charge on any atom is 0.265 e. The van der Waals surface area contributed by atoms with Crippen molar-refractivity contribution in [2.24, 2.45) is 0 Å². The Balaban J connectivity index is 1.52. The van der Waals surface area contributed by atoms with Gasteiger partial charge in [0, 0.05) is 28.4 Å². The molecule has 3 aromatic rings. The molecule has 3 aromatic heterocycles. The molecule has 1 saturated heterocycles. The molecule has 0 aromatic carbocycles. The van der Waals surface area contributed by atoms with Gasteiger partial charge in [0.15, 0.2) is 0 Å². The molecule has 4 heterocycles. The lowest BCUT2D eigenvalue weighted by atomic mass is 10.0. The highest BCUT2D eigenvalue weighted by molar-refractivity contribution is 7.17. The average Bonchev–Trinajstić information content (AvgIpc) is 3.42. The van der Waals surface area contributed by atoms with E-state index in [0.717, 1.165) is 47.7 Å². The van der Waals surface area contributed by atoms with Crippen LogP contribution in [0.4, 0.5) is 0 Å². The van der Waals surface area contributed by atoms with Gasteiger partial charge in [-0.15, -0.1) is 22.7 Å². The zero-order valence-corrected chi connectivity index (χ0v) is 17.4. The first-order valence-corrected chi connectivity index (χ1v) is 11.9. The standard InChI is InChI=1S/C20H22N2O2S3/c23-16(17-6-4-9-26-17)11-15-5-2-1-3-8-22(15)20(24)18-12-21-19(27-18)14-7-10-25-13-14/h4,6-7,9-10,12-13,15-16,23H,1-3,5,8,11H2. The lowest BCUT2D eigenvalue weighted by molar-refractivity contribution is 0.0596. The number of thiazole rings is 1. The van der Waals surface area contributed by atoms with Crippen molar-refractivity contribution >= 4 is 39.9 Å². The average molecular weight is 419 g/mol. The number of aromatic nitrogens is 1. The second-order valence-electron chi connectivity index (χ2n) is 6.81. The summed E-state index contributed by atoms with van der Waals surface area (Å²) in [5, 5.41) is 17.6. The van der Waals surface area contributed by atoms with E-state index in [1.807, 2.05) is 33.9 Å². The zero-order chi connectivity index (χ0) is 18.6. The second-order valence-corrected chi connectivity index (χ2v) is 9.60. The molecule has 2 atom stereocenters. The number of aliphatic hydroxyl groups is 1. The number of carbonyl (C=O) groups excluding carboxylic acids is 1. The Kier molecular flexibility index (Phi) is 6.02. The molecule has 4 rings (SSSR count). The molecular formula is C20H22N2O2S3. The van der Waals surface area contributed by atoms with E-state index in [2.05, 4.69) is 10.4 Å². The van der Waals surface area contributed by atoms with Crippen molar-refractivity contribution in [2.45, 2.75) is 44.2 Å². The highest BCUT2D eigenvalue weighted by Gasteiger charge is 2.29. The molecule has 1 N–H and O–H groups in total. The van der Waals surface area contributed by atoms with E-state index < -0.39 is 6.10 Å². The van der Waals surface area contributed by atoms with Crippen molar-refractivity contribution in [3.8, 4) is 10.6 Å². The fourth-order valence-corrected chi connectivity index (χ4v) is 5.89. The maximum atomic E-state index is 13.2. The summed E-state index contributed by atoms with van der Waals surface area (Å²) in [7, 11) is 0. The molecule has 1 aliphatic heterocycles. The first kappa shape index (κ1) is 18.8. The fourth-order valence-electron chi connectivity index (χ4n) is 3.58. The molecule has 1 amide bonds. The van der Waals surface area contributed by atoms with Crippen molar-refractivity contribution in [1.82, 2.24) is 9.88 Å². The molecule has 142 valence electrons. The summed E-state index contributed by atoms with van der Waals surface area (Å²) in [6.07, 6.45) is 6.01. The minimum Gasteiger partial charge on any atom is -0.387 e. The third-order valence-corrected chi connectivity index (χ3v) is 7.68. The SMILES string of the molecule is O=C(c1cnc(-c2ccsc2)s1)N1CCCCCC1CC(O)c1cccs1. The molecule has 0 spiro atoms. The van der Waals surface area contributed by atoms with Crippen LogP contribution in [0.3, 0.4) is 0 Å². The molecule has 4 nitrogen and oxygen atoms in total. The monoisotopic (exact) mass is 418 g/mol. The zero-order valence-electron chi connectivity index (χ0n) is 14.9. The van der Waals surface area contributed by atoms with Crippen molar-refractivity contribution < 1.29 is 9.90 Å². The van der Waals surface area contributed by atoms with Crippen LogP contribution < -0.4 is 0 Å². The number of amides is 1. The van der Waals surface area contributed by atoms with E-state index in [4.69, 9.17) is 0 Å². The van der Waals surface area contributed by atoms with E-state index in [-0.39, 0.29) is 11.9 Å². The Hall–Kier alpha value is -1.54. The van der Waals surface area contributed by atoms with E-state index in [0.29, 0.717) is 11.3 Å². The summed E-state index contributed by atoms with van der Waals surface area (Å²) in [5.74, 6) is 0.0549. The van der Waals surface area contributed by atoms with Crippen molar-refractivity contribution in [3.63, 3.8) is 0 Å². The van der Waals surface area contributed by atoms with E-state index in [1.54, 1.807) is 28.9 Å². The van der Waals surface area contributed by atoms with Gasteiger partial charge in [0.2, 0.25) is 0 Å². The number of aliphatic hydroxyl groups excluding tert-OH is 1. The van der Waals surface area contributed by atoms with Crippen molar-refractivity contribution in [3.05, 3.63) is 50.3 Å². The first-order valence-electron chi connectivity index (χ1n) is 9.23. The third kappa shape index (κ3) is 4.32. The molecule has 2 unspecified atom stereocenters. The highest BCUT2D eigenvalue weighted by Crippen LogP contribution is 2.32. The number of thiophene rings is 2. The first-order chi connectivity index (χ1) is 13.2. The molecule has 0 bridgehead atoms. The number of hydrogen-bond acceptors (Lipinski definition) is 6. The lowest BCUT2D eigenvalue weighted by Crippen LogP contribution is -2.40. The van der Waals surface area contributed by atoms with Crippen LogP contribution in [0.15, 0.2) is 40.5 Å². The number of hydrogen-bond donors (Lipinski definition) is 1. The van der Waals surface area contributed by atoms with Gasteiger partial charge in [-0.05, 0) is 42.2 Å². The Morgan fingerprint density at radius 2 is 2.22 bits per heavy atom. The van der Waals surface area contributed by atoms with E-state index in [1.165, 1.54) is 11.3 Å². The smallest absolute Gasteiger partial charge is 0.265 e. The second kappa shape index (κ2) is 8.65. The molecule has 0 aliphatic carbocycles. The van der Waals surface area contributed by atoms with Crippen LogP contribution in [-0.4, -0.2) is 33.5 Å². The van der Waals surface area contributed by atoms with Gasteiger partial charge in [-0.3, -0.25) is 4.79 Å². The Bertz CT molecular complexity index is 858. The summed E-state index contributed by atoms with van der Waals surface area (Å²) < 4.78 is 0. The van der Waals surface area contributed by atoms with Gasteiger partial charge in [-0.2, -0.15) is 11.3 Å². The van der Waals surface area contributed by atoms with Crippen LogP contribution in [0.5, 0.6) is 0 Å². The minimum atomic E-state index is -0.508. The van der Waals surface area contributed by atoms with E-state index >= 15 is 0 Å². The topological polar surface area (TPSA) is 53.4 Å². The predicted octanol–water partition coefficient (Wildman–Crippen LogP) is 5.44. The van der Waals surface area contributed by atoms with Gasteiger partial charge in [0.1, 0.15) is 9.88 Å². The quantitative estimate of drug-likeness (QED) is 0.600. The van der Waals surface area contributed by atoms with Crippen LogP contribution in [0.1, 0.15) is 52.8 Å². The molecular weight excluding hydrogens is 396 g/mol. The van der Waals surface area contributed by atoms with Gasteiger partial charge >= 0.3 is 0 Å². The maximum absolute atomic E-state index is 13.2. The molecule has 7 heteroatoms. The third-order valence-electron chi connectivity index (χ3n) is 4.99. The molecule has 0 radical (unpaired) electrons. The van der Waals surface area contributed by atoms with Gasteiger partial charge in [-0.25, -0.2) is 4.98 Å². The normalized spacial score (nSPS) is 19.0. The molecule has 1 fully saturated rings. The van der Waals surface area contributed by atoms with Crippen LogP contribution >= 0.6 is 34.0 Å². The number of rotatable bonds is 5. The summed E-state index contributed by atoms with van der Waals surface area (Å²) in [4.78, 5) is 21.3. The number of likely N-dealkylation sites (tertiary alicyclic amines) is 1. The Morgan fingerprint density at radius 3 is 3.00 bits per heavy atom. The van der Waals surface area contributed by atoms with Crippen LogP contribution in [-0.2, 0) is 0 Å². The summed E-state index contributed by atoms with van der Waals surface area (Å²) >= 11 is 4.67. The van der Waals surface area contributed by atoms with Crippen molar-refractivity contribution in [1.29, 1.82) is 0 Å². The molecule has 0 saturated carbocycles. The predicted molar refractivity (Wildman–Crippen MR) is 113 cm³/mol. The van der Waals surface area contributed by atoms with Crippen LogP contribution in [0.25, 0.3) is 10.6 Å². The fraction of sp³-hybridized carbons (Fsp3) is 0.400. The summed E-state index contributed by atoms with van der Waals surface area (Å²) in [6.45, 7) is 0.756. The minimum absolute atomic E-state index is 0.0549. The number of nitrogens with zero attached hydrogens (tertiary/aromatic N) is 2. The largest absolute Gasteiger partial charge is 0.387 e. The van der Waals surface area contributed by atoms with Crippen LogP contribution in [0.2, 0.25) is 0 Å². The van der Waals surface area contributed by atoms with Gasteiger partial charge < -0.3 is 10.0 Å². The van der Waals surface area contributed by atoms with E-state index in [9.17, 15) is 9.90 Å². The van der Waals surface area contributed by atoms with Gasteiger partial charge in [-0.1, -0.05) is 18.9 Å². The number of carbonyl (C=O) groups is 1. The lowest BCUT2D eigenvalue weighted by Gasteiger charge is -2.31.